The highest BCUT2D eigenvalue weighted by Crippen LogP contribution is 2.37. The van der Waals surface area contributed by atoms with Gasteiger partial charge >= 0.3 is 17.9 Å². The van der Waals surface area contributed by atoms with E-state index in [0.717, 1.165) is 20.6 Å². The average molecular weight is 342 g/mol. The van der Waals surface area contributed by atoms with Crippen molar-refractivity contribution in [3.05, 3.63) is 0 Å². The zero-order valence-electron chi connectivity index (χ0n) is 14.1. The highest BCUT2D eigenvalue weighted by molar-refractivity contribution is 6.21. The smallest absolute Gasteiger partial charge is 0.330 e. The Hall–Kier alpha value is -2.25. The topological polar surface area (TPSA) is 113 Å². The molecule has 0 aromatic heterocycles. The minimum absolute atomic E-state index is 0.0341. The summed E-state index contributed by atoms with van der Waals surface area (Å²) >= 11 is 0. The van der Waals surface area contributed by atoms with E-state index in [1.807, 2.05) is 0 Å². The molecule has 24 heavy (non-hydrogen) atoms. The Balaban J connectivity index is 0.000000254. The molecule has 8 nitrogen and oxygen atoms in total. The summed E-state index contributed by atoms with van der Waals surface area (Å²) in [5, 5.41) is 0. The number of ether oxygens (including phenoxy) is 3. The third-order valence-corrected chi connectivity index (χ3v) is 4.29. The van der Waals surface area contributed by atoms with E-state index in [4.69, 9.17) is 0 Å². The van der Waals surface area contributed by atoms with Gasteiger partial charge in [0.2, 0.25) is 5.41 Å². The van der Waals surface area contributed by atoms with Crippen LogP contribution in [0.15, 0.2) is 0 Å². The molecule has 0 spiro atoms. The lowest BCUT2D eigenvalue weighted by Crippen LogP contribution is -2.44. The molecule has 2 fully saturated rings. The van der Waals surface area contributed by atoms with E-state index >= 15 is 0 Å². The number of hydrogen-bond donors (Lipinski definition) is 0. The van der Waals surface area contributed by atoms with Gasteiger partial charge in [0.25, 0.3) is 0 Å². The highest BCUT2D eigenvalue weighted by Gasteiger charge is 2.57. The molecule has 0 amide bonds. The molecule has 0 aromatic carbocycles. The number of hydrogen-bond acceptors (Lipinski definition) is 8. The summed E-state index contributed by atoms with van der Waals surface area (Å²) in [6, 6.07) is 0. The van der Waals surface area contributed by atoms with Gasteiger partial charge in [0, 0.05) is 12.8 Å². The maximum Gasteiger partial charge on any atom is 0.330 e. The molecule has 0 aliphatic heterocycles. The van der Waals surface area contributed by atoms with Crippen LogP contribution in [0.3, 0.4) is 0 Å². The molecule has 2 rings (SSSR count). The van der Waals surface area contributed by atoms with Crippen LogP contribution in [0.2, 0.25) is 0 Å². The zero-order chi connectivity index (χ0) is 18.3. The second-order valence-electron chi connectivity index (χ2n) is 5.60. The fraction of sp³-hybridized carbons (Fsp3) is 0.688. The summed E-state index contributed by atoms with van der Waals surface area (Å²) in [4.78, 5) is 56.0. The van der Waals surface area contributed by atoms with Crippen molar-refractivity contribution in [3.63, 3.8) is 0 Å². The maximum atomic E-state index is 11.5. The fourth-order valence-corrected chi connectivity index (χ4v) is 2.94. The van der Waals surface area contributed by atoms with Crippen molar-refractivity contribution in [2.45, 2.75) is 38.5 Å². The Kier molecular flexibility index (Phi) is 7.06. The van der Waals surface area contributed by atoms with Gasteiger partial charge in [0.1, 0.15) is 11.7 Å². The number of esters is 3. The second kappa shape index (κ2) is 8.56. The number of carbonyl (C=O) groups is 5. The molecular formula is C16H22O8. The molecule has 1 atom stereocenters. The molecule has 8 heteroatoms. The third kappa shape index (κ3) is 3.80. The third-order valence-electron chi connectivity index (χ3n) is 4.29. The van der Waals surface area contributed by atoms with Crippen LogP contribution in [0.1, 0.15) is 38.5 Å². The van der Waals surface area contributed by atoms with Crippen LogP contribution < -0.4 is 0 Å². The first-order valence-corrected chi connectivity index (χ1v) is 7.65. The van der Waals surface area contributed by atoms with E-state index < -0.39 is 29.1 Å². The Morgan fingerprint density at radius 2 is 1.50 bits per heavy atom. The lowest BCUT2D eigenvalue weighted by Gasteiger charge is -2.20. The summed E-state index contributed by atoms with van der Waals surface area (Å²) < 4.78 is 13.4. The Labute approximate surface area is 139 Å². The van der Waals surface area contributed by atoms with Crippen molar-refractivity contribution in [1.82, 2.24) is 0 Å². The number of Topliss-reactive ketones (excluding diaryl/α,β-unsaturated/α-hetero) is 2. The van der Waals surface area contributed by atoms with Crippen molar-refractivity contribution < 1.29 is 38.2 Å². The van der Waals surface area contributed by atoms with Crippen LogP contribution in [-0.2, 0) is 38.2 Å². The van der Waals surface area contributed by atoms with Crippen molar-refractivity contribution >= 4 is 29.5 Å². The van der Waals surface area contributed by atoms with Crippen LogP contribution in [0, 0.1) is 11.3 Å². The van der Waals surface area contributed by atoms with Gasteiger partial charge in [-0.15, -0.1) is 0 Å². The lowest BCUT2D eigenvalue weighted by molar-refractivity contribution is -0.170. The second-order valence-corrected chi connectivity index (χ2v) is 5.60. The first-order chi connectivity index (χ1) is 11.3. The average Bonchev–Trinajstić information content (AvgIpc) is 3.19. The first kappa shape index (κ1) is 19.8. The zero-order valence-corrected chi connectivity index (χ0v) is 14.1. The van der Waals surface area contributed by atoms with E-state index in [0.29, 0.717) is 19.3 Å². The first-order valence-electron chi connectivity index (χ1n) is 7.65. The standard InChI is InChI=1S/C9H12O5.C7H10O3/c1-13-7(11)9(8(12)14-2)5-3-4-6(9)10;1-10-7(9)5-3-2-4-6(5)8/h3-5H2,1-2H3;5H,2-4H2,1H3. The van der Waals surface area contributed by atoms with Gasteiger partial charge in [-0.05, 0) is 25.7 Å². The predicted molar refractivity (Wildman–Crippen MR) is 79.7 cm³/mol. The molecule has 2 aliphatic carbocycles. The van der Waals surface area contributed by atoms with E-state index in [1.54, 1.807) is 0 Å². The molecule has 0 aromatic rings. The number of ketones is 2. The van der Waals surface area contributed by atoms with Crippen LogP contribution in [-0.4, -0.2) is 50.8 Å². The molecule has 0 heterocycles. The van der Waals surface area contributed by atoms with E-state index in [-0.39, 0.29) is 24.6 Å². The molecule has 0 bridgehead atoms. The van der Waals surface area contributed by atoms with Crippen LogP contribution >= 0.6 is 0 Å². The summed E-state index contributed by atoms with van der Waals surface area (Å²) in [6.45, 7) is 0. The van der Waals surface area contributed by atoms with E-state index in [1.165, 1.54) is 7.11 Å². The molecule has 2 aliphatic rings. The molecule has 0 radical (unpaired) electrons. The highest BCUT2D eigenvalue weighted by atomic mass is 16.5. The number of carbonyl (C=O) groups excluding carboxylic acids is 5. The van der Waals surface area contributed by atoms with Gasteiger partial charge in [0.05, 0.1) is 21.3 Å². The SMILES string of the molecule is COC(=O)C1(C(=O)OC)CCCC1=O.COC(=O)C1CCCC1=O. The Bertz CT molecular complexity index is 520. The molecule has 1 unspecified atom stereocenters. The fourth-order valence-electron chi connectivity index (χ4n) is 2.94. The van der Waals surface area contributed by atoms with Gasteiger partial charge in [-0.2, -0.15) is 0 Å². The summed E-state index contributed by atoms with van der Waals surface area (Å²) in [6.07, 6.45) is 2.97. The summed E-state index contributed by atoms with van der Waals surface area (Å²) in [5.74, 6) is -2.82. The largest absolute Gasteiger partial charge is 0.468 e. The molecule has 0 N–H and O–H groups in total. The van der Waals surface area contributed by atoms with Crippen LogP contribution in [0.5, 0.6) is 0 Å². The van der Waals surface area contributed by atoms with Crippen molar-refractivity contribution in [1.29, 1.82) is 0 Å². The van der Waals surface area contributed by atoms with E-state index in [9.17, 15) is 24.0 Å². The number of methoxy groups -OCH3 is 3. The predicted octanol–water partition coefficient (Wildman–Crippen LogP) is 0.600. The molecular weight excluding hydrogens is 320 g/mol. The minimum Gasteiger partial charge on any atom is -0.468 e. The maximum absolute atomic E-state index is 11.5. The summed E-state index contributed by atoms with van der Waals surface area (Å²) in [5.41, 5.74) is -1.69. The van der Waals surface area contributed by atoms with E-state index in [2.05, 4.69) is 14.2 Å². The number of rotatable bonds is 3. The van der Waals surface area contributed by atoms with Crippen molar-refractivity contribution in [2.75, 3.05) is 21.3 Å². The Morgan fingerprint density at radius 1 is 0.917 bits per heavy atom. The van der Waals surface area contributed by atoms with Gasteiger partial charge in [0.15, 0.2) is 5.78 Å². The van der Waals surface area contributed by atoms with Crippen molar-refractivity contribution in [3.8, 4) is 0 Å². The van der Waals surface area contributed by atoms with Gasteiger partial charge < -0.3 is 14.2 Å². The minimum atomic E-state index is -1.69. The van der Waals surface area contributed by atoms with Gasteiger partial charge in [-0.1, -0.05) is 0 Å². The van der Waals surface area contributed by atoms with Crippen molar-refractivity contribution in [2.24, 2.45) is 11.3 Å². The molecule has 2 saturated carbocycles. The monoisotopic (exact) mass is 342 g/mol. The summed E-state index contributed by atoms with van der Waals surface area (Å²) in [7, 11) is 3.62. The van der Waals surface area contributed by atoms with Gasteiger partial charge in [-0.25, -0.2) is 0 Å². The van der Waals surface area contributed by atoms with Crippen LogP contribution in [0.4, 0.5) is 0 Å². The molecule has 0 saturated heterocycles. The molecule has 134 valence electrons. The van der Waals surface area contributed by atoms with Gasteiger partial charge in [-0.3, -0.25) is 24.0 Å². The lowest BCUT2D eigenvalue weighted by atomic mass is 9.85. The van der Waals surface area contributed by atoms with Crippen LogP contribution in [0.25, 0.3) is 0 Å². The Morgan fingerprint density at radius 3 is 1.83 bits per heavy atom. The normalized spacial score (nSPS) is 21.5. The quantitative estimate of drug-likeness (QED) is 0.416.